The van der Waals surface area contributed by atoms with E-state index in [1.807, 2.05) is 39.0 Å². The van der Waals surface area contributed by atoms with Gasteiger partial charge >= 0.3 is 10.2 Å². The Labute approximate surface area is 188 Å². The predicted octanol–water partition coefficient (Wildman–Crippen LogP) is 2.53. The summed E-state index contributed by atoms with van der Waals surface area (Å²) in [4.78, 5) is 16.6. The summed E-state index contributed by atoms with van der Waals surface area (Å²) in [5.41, 5.74) is 2.67. The Kier molecular flexibility index (Phi) is 8.24. The van der Waals surface area contributed by atoms with Crippen molar-refractivity contribution in [2.45, 2.75) is 39.7 Å². The molecule has 0 saturated carbocycles. The molecule has 1 aliphatic heterocycles. The Bertz CT molecular complexity index is 1020. The second-order valence-corrected chi connectivity index (χ2v) is 9.34. The second kappa shape index (κ2) is 10.9. The molecule has 0 bridgehead atoms. The second-order valence-electron chi connectivity index (χ2n) is 7.67. The van der Waals surface area contributed by atoms with Crippen LogP contribution < -0.4 is 10.0 Å². The van der Waals surface area contributed by atoms with E-state index in [-0.39, 0.29) is 37.5 Å². The molecule has 2 aromatic rings. The van der Waals surface area contributed by atoms with Gasteiger partial charge < -0.3 is 19.2 Å². The first-order valence-corrected chi connectivity index (χ1v) is 12.0. The Morgan fingerprint density at radius 3 is 2.91 bits per heavy atom. The number of nitrogens with zero attached hydrogens (tertiary/aromatic N) is 2. The number of oxazole rings is 1. The fraction of sp³-hybridized carbons (Fsp3) is 0.524. The molecule has 1 unspecified atom stereocenters. The largest absolute Gasteiger partial charge is 0.431 e. The summed E-state index contributed by atoms with van der Waals surface area (Å²) in [5.74, 6) is -0.865. The molecule has 176 valence electrons. The molecule has 3 rings (SSSR count). The number of carbonyl (C=O) groups is 1. The maximum Gasteiger partial charge on any atom is 0.304 e. The van der Waals surface area contributed by atoms with Crippen LogP contribution in [0.4, 0.5) is 11.7 Å². The zero-order valence-corrected chi connectivity index (χ0v) is 19.4. The monoisotopic (exact) mass is 466 g/mol. The topological polar surface area (TPSA) is 123 Å². The summed E-state index contributed by atoms with van der Waals surface area (Å²) in [7, 11) is -4.05. The number of amides is 1. The minimum absolute atomic E-state index is 0.0966. The lowest BCUT2D eigenvalue weighted by atomic mass is 10.1. The molecule has 1 fully saturated rings. The van der Waals surface area contributed by atoms with Crippen molar-refractivity contribution in [1.29, 1.82) is 0 Å². The van der Waals surface area contributed by atoms with E-state index >= 15 is 0 Å². The fourth-order valence-corrected chi connectivity index (χ4v) is 4.32. The van der Waals surface area contributed by atoms with E-state index in [0.29, 0.717) is 19.6 Å². The standard InChI is InChI=1S/C21H30N4O6S/c1-4-10-29-13-17-7-8-25(9-11-30-17)32(27,28)24-20(26)19-14-31-21(23-19)22-18-12-15(2)5-6-16(18)3/h5-6,12,14,17H,4,7-11,13H2,1-3H3,(H,22,23)(H,24,26). The summed E-state index contributed by atoms with van der Waals surface area (Å²) in [6.45, 7) is 7.55. The average Bonchev–Trinajstić information content (AvgIpc) is 3.07. The van der Waals surface area contributed by atoms with Crippen molar-refractivity contribution in [3.05, 3.63) is 41.3 Å². The van der Waals surface area contributed by atoms with Gasteiger partial charge in [-0.3, -0.25) is 4.79 Å². The summed E-state index contributed by atoms with van der Waals surface area (Å²) < 4.78 is 45.1. The molecule has 1 amide bonds. The Morgan fingerprint density at radius 1 is 1.31 bits per heavy atom. The molecule has 1 atom stereocenters. The summed E-state index contributed by atoms with van der Waals surface area (Å²) in [6.07, 6.45) is 2.33. The van der Waals surface area contributed by atoms with E-state index in [0.717, 1.165) is 29.5 Å². The highest BCUT2D eigenvalue weighted by Gasteiger charge is 2.29. The lowest BCUT2D eigenvalue weighted by Gasteiger charge is -2.19. The average molecular weight is 467 g/mol. The van der Waals surface area contributed by atoms with E-state index in [1.165, 1.54) is 4.31 Å². The van der Waals surface area contributed by atoms with Gasteiger partial charge in [-0.2, -0.15) is 17.7 Å². The molecule has 0 aliphatic carbocycles. The van der Waals surface area contributed by atoms with E-state index in [1.54, 1.807) is 0 Å². The Morgan fingerprint density at radius 2 is 2.12 bits per heavy atom. The molecule has 11 heteroatoms. The van der Waals surface area contributed by atoms with E-state index in [4.69, 9.17) is 13.9 Å². The van der Waals surface area contributed by atoms with E-state index < -0.39 is 16.1 Å². The van der Waals surface area contributed by atoms with Gasteiger partial charge in [0.25, 0.3) is 11.9 Å². The van der Waals surface area contributed by atoms with Crippen LogP contribution >= 0.6 is 0 Å². The normalized spacial score (nSPS) is 17.7. The van der Waals surface area contributed by atoms with Gasteiger partial charge in [0.05, 0.1) is 19.3 Å². The van der Waals surface area contributed by atoms with E-state index in [9.17, 15) is 13.2 Å². The molecule has 1 aromatic carbocycles. The van der Waals surface area contributed by atoms with Crippen molar-refractivity contribution in [2.75, 3.05) is 38.2 Å². The molecule has 1 aromatic heterocycles. The van der Waals surface area contributed by atoms with Gasteiger partial charge in [0.2, 0.25) is 0 Å². The van der Waals surface area contributed by atoms with Gasteiger partial charge in [-0.15, -0.1) is 0 Å². The predicted molar refractivity (Wildman–Crippen MR) is 119 cm³/mol. The van der Waals surface area contributed by atoms with Gasteiger partial charge in [-0.1, -0.05) is 19.1 Å². The molecule has 32 heavy (non-hydrogen) atoms. The number of aromatic nitrogens is 1. The number of benzene rings is 1. The number of carbonyl (C=O) groups excluding carboxylic acids is 1. The van der Waals surface area contributed by atoms with Gasteiger partial charge in [-0.05, 0) is 43.9 Å². The minimum Gasteiger partial charge on any atom is -0.431 e. The number of hydrogen-bond donors (Lipinski definition) is 2. The summed E-state index contributed by atoms with van der Waals surface area (Å²) in [5, 5.41) is 3.00. The van der Waals surface area contributed by atoms with Gasteiger partial charge in [0, 0.05) is 25.4 Å². The molecule has 0 radical (unpaired) electrons. The van der Waals surface area contributed by atoms with Crippen LogP contribution in [-0.4, -0.2) is 62.6 Å². The highest BCUT2D eigenvalue weighted by molar-refractivity contribution is 7.87. The summed E-state index contributed by atoms with van der Waals surface area (Å²) in [6, 6.07) is 5.95. The van der Waals surface area contributed by atoms with Crippen molar-refractivity contribution in [2.24, 2.45) is 0 Å². The van der Waals surface area contributed by atoms with Crippen LogP contribution in [0.1, 0.15) is 41.4 Å². The molecular weight excluding hydrogens is 436 g/mol. The SMILES string of the molecule is CCCOCC1CCN(S(=O)(=O)NC(=O)c2coc(Nc3cc(C)ccc3C)n2)CCO1. The van der Waals surface area contributed by atoms with Crippen molar-refractivity contribution in [3.63, 3.8) is 0 Å². The first kappa shape index (κ1) is 24.2. The minimum atomic E-state index is -4.05. The molecule has 0 spiro atoms. The number of nitrogens with one attached hydrogen (secondary N) is 2. The van der Waals surface area contributed by atoms with Gasteiger partial charge in [0.15, 0.2) is 5.69 Å². The van der Waals surface area contributed by atoms with Crippen molar-refractivity contribution >= 4 is 27.8 Å². The number of rotatable bonds is 9. The van der Waals surface area contributed by atoms with Crippen LogP contribution in [-0.2, 0) is 19.7 Å². The van der Waals surface area contributed by atoms with Crippen LogP contribution in [0.2, 0.25) is 0 Å². The third-order valence-electron chi connectivity index (χ3n) is 4.98. The number of hydrogen-bond acceptors (Lipinski definition) is 8. The maximum atomic E-state index is 12.7. The van der Waals surface area contributed by atoms with Crippen molar-refractivity contribution < 1.29 is 27.1 Å². The molecule has 10 nitrogen and oxygen atoms in total. The number of anilines is 2. The van der Waals surface area contributed by atoms with Gasteiger partial charge in [-0.25, -0.2) is 4.72 Å². The quantitative estimate of drug-likeness (QED) is 0.541. The zero-order valence-electron chi connectivity index (χ0n) is 18.6. The van der Waals surface area contributed by atoms with Crippen LogP contribution in [0, 0.1) is 13.8 Å². The molecular formula is C21H30N4O6S. The van der Waals surface area contributed by atoms with Crippen molar-refractivity contribution in [1.82, 2.24) is 14.0 Å². The highest BCUT2D eigenvalue weighted by atomic mass is 32.2. The highest BCUT2D eigenvalue weighted by Crippen LogP contribution is 2.21. The summed E-state index contributed by atoms with van der Waals surface area (Å²) >= 11 is 0. The zero-order chi connectivity index (χ0) is 23.1. The number of aryl methyl sites for hydroxylation is 2. The smallest absolute Gasteiger partial charge is 0.304 e. The lowest BCUT2D eigenvalue weighted by molar-refractivity contribution is -0.0100. The molecule has 2 heterocycles. The molecule has 1 saturated heterocycles. The van der Waals surface area contributed by atoms with Crippen LogP contribution in [0.5, 0.6) is 0 Å². The van der Waals surface area contributed by atoms with Crippen molar-refractivity contribution in [3.8, 4) is 0 Å². The van der Waals surface area contributed by atoms with Gasteiger partial charge in [0.1, 0.15) is 6.26 Å². The van der Waals surface area contributed by atoms with Crippen LogP contribution in [0.25, 0.3) is 0 Å². The van der Waals surface area contributed by atoms with E-state index in [2.05, 4.69) is 15.0 Å². The number of ether oxygens (including phenoxy) is 2. The first-order valence-electron chi connectivity index (χ1n) is 10.6. The lowest BCUT2D eigenvalue weighted by Crippen LogP contribution is -2.44. The van der Waals surface area contributed by atoms with Crippen LogP contribution in [0.15, 0.2) is 28.9 Å². The third-order valence-corrected chi connectivity index (χ3v) is 6.47. The fourth-order valence-electron chi connectivity index (χ4n) is 3.19. The molecule has 1 aliphatic rings. The maximum absolute atomic E-state index is 12.7. The van der Waals surface area contributed by atoms with Crippen LogP contribution in [0.3, 0.4) is 0 Å². The Balaban J connectivity index is 1.58. The Hall–Kier alpha value is -2.47. The third kappa shape index (κ3) is 6.52. The first-order chi connectivity index (χ1) is 15.3. The molecule has 2 N–H and O–H groups in total.